The van der Waals surface area contributed by atoms with Crippen LogP contribution in [0, 0.1) is 0 Å². The molecule has 0 unspecified atom stereocenters. The summed E-state index contributed by atoms with van der Waals surface area (Å²) in [5, 5.41) is 3.60. The fourth-order valence-corrected chi connectivity index (χ4v) is 3.60. The number of carbonyl (C=O) groups is 2. The van der Waals surface area contributed by atoms with Gasteiger partial charge >= 0.3 is 6.09 Å². The maximum absolute atomic E-state index is 12.4. The van der Waals surface area contributed by atoms with Gasteiger partial charge in [0.25, 0.3) is 5.91 Å². The van der Waals surface area contributed by atoms with Gasteiger partial charge in [-0.15, -0.1) is 0 Å². The van der Waals surface area contributed by atoms with Crippen molar-refractivity contribution in [3.63, 3.8) is 0 Å². The number of hydrogen-bond donors (Lipinski definition) is 2. The highest BCUT2D eigenvalue weighted by Crippen LogP contribution is 2.12. The average Bonchev–Trinajstić information content (AvgIpc) is 3.27. The number of nitrogens with zero attached hydrogens (tertiary/aromatic N) is 3. The maximum atomic E-state index is 12.4. The summed E-state index contributed by atoms with van der Waals surface area (Å²) >= 11 is 5.86. The molecular formula is C22H24ClN5O3. The van der Waals surface area contributed by atoms with Gasteiger partial charge in [-0.3, -0.25) is 9.69 Å². The van der Waals surface area contributed by atoms with E-state index in [9.17, 15) is 9.59 Å². The van der Waals surface area contributed by atoms with Crippen LogP contribution in [0.1, 0.15) is 15.9 Å². The molecule has 1 aromatic heterocycles. The van der Waals surface area contributed by atoms with Crippen LogP contribution in [0.2, 0.25) is 5.02 Å². The lowest BCUT2D eigenvalue weighted by atomic mass is 10.2. The number of nitrogens with one attached hydrogen (secondary N) is 2. The number of imidazole rings is 1. The van der Waals surface area contributed by atoms with E-state index in [0.29, 0.717) is 30.2 Å². The molecule has 1 aliphatic rings. The molecule has 0 atom stereocenters. The Hall–Kier alpha value is -3.10. The number of fused-ring (bicyclic) bond motifs is 1. The molecule has 0 saturated carbocycles. The third kappa shape index (κ3) is 5.53. The molecular weight excluding hydrogens is 418 g/mol. The van der Waals surface area contributed by atoms with Gasteiger partial charge in [-0.2, -0.15) is 0 Å². The summed E-state index contributed by atoms with van der Waals surface area (Å²) in [5.74, 6) is -0.116. The molecule has 1 aliphatic heterocycles. The van der Waals surface area contributed by atoms with E-state index in [2.05, 4.69) is 20.2 Å². The minimum absolute atomic E-state index is 0.116. The number of ether oxygens (including phenoxy) is 1. The van der Waals surface area contributed by atoms with E-state index in [0.717, 1.165) is 36.2 Å². The smallest absolute Gasteiger partial charge is 0.410 e. The minimum atomic E-state index is -0.309. The SMILES string of the molecule is O=C(NCCN1CCN(C(=O)OCc2ccc(Cl)cc2)CC1)c1ccc2[nH]cnc2c1. The third-order valence-corrected chi connectivity index (χ3v) is 5.56. The molecule has 0 radical (unpaired) electrons. The van der Waals surface area contributed by atoms with Gasteiger partial charge in [0, 0.05) is 49.9 Å². The van der Waals surface area contributed by atoms with Crippen molar-refractivity contribution in [2.45, 2.75) is 6.61 Å². The zero-order valence-corrected chi connectivity index (χ0v) is 17.8. The van der Waals surface area contributed by atoms with Crippen LogP contribution in [0.4, 0.5) is 4.79 Å². The monoisotopic (exact) mass is 441 g/mol. The molecule has 9 heteroatoms. The second kappa shape index (κ2) is 9.80. The van der Waals surface area contributed by atoms with Crippen LogP contribution in [0.15, 0.2) is 48.8 Å². The minimum Gasteiger partial charge on any atom is -0.445 e. The number of aromatic amines is 1. The molecule has 2 aromatic carbocycles. The van der Waals surface area contributed by atoms with Crippen molar-refractivity contribution in [1.29, 1.82) is 0 Å². The first-order chi connectivity index (χ1) is 15.1. The molecule has 2 amide bonds. The number of carbonyl (C=O) groups excluding carboxylic acids is 2. The largest absolute Gasteiger partial charge is 0.445 e. The van der Waals surface area contributed by atoms with E-state index in [-0.39, 0.29) is 18.6 Å². The first-order valence-corrected chi connectivity index (χ1v) is 10.6. The maximum Gasteiger partial charge on any atom is 0.410 e. The number of rotatable bonds is 6. The van der Waals surface area contributed by atoms with Crippen molar-refractivity contribution in [3.05, 3.63) is 64.9 Å². The van der Waals surface area contributed by atoms with Gasteiger partial charge in [0.05, 0.1) is 17.4 Å². The van der Waals surface area contributed by atoms with E-state index in [1.165, 1.54) is 0 Å². The molecule has 3 aromatic rings. The number of amides is 2. The lowest BCUT2D eigenvalue weighted by Crippen LogP contribution is -2.50. The number of H-pyrrole nitrogens is 1. The standard InChI is InChI=1S/C22H24ClN5O3/c23-18-4-1-16(2-5-18)14-31-22(30)28-11-9-27(10-12-28)8-7-24-21(29)17-3-6-19-20(13-17)26-15-25-19/h1-6,13,15H,7-12,14H2,(H,24,29)(H,25,26). The normalized spacial score (nSPS) is 14.5. The highest BCUT2D eigenvalue weighted by molar-refractivity contribution is 6.30. The van der Waals surface area contributed by atoms with Gasteiger partial charge in [-0.25, -0.2) is 9.78 Å². The second-order valence-electron chi connectivity index (χ2n) is 7.40. The number of hydrogen-bond acceptors (Lipinski definition) is 5. The Morgan fingerprint density at radius 2 is 1.87 bits per heavy atom. The Labute approximate surface area is 185 Å². The summed E-state index contributed by atoms with van der Waals surface area (Å²) in [6.45, 7) is 4.18. The van der Waals surface area contributed by atoms with Crippen LogP contribution < -0.4 is 5.32 Å². The van der Waals surface area contributed by atoms with Gasteiger partial charge in [-0.05, 0) is 35.9 Å². The Morgan fingerprint density at radius 1 is 1.10 bits per heavy atom. The van der Waals surface area contributed by atoms with Gasteiger partial charge in [0.1, 0.15) is 6.61 Å². The molecule has 0 spiro atoms. The molecule has 4 rings (SSSR count). The molecule has 1 saturated heterocycles. The molecule has 0 aliphatic carbocycles. The predicted molar refractivity (Wildman–Crippen MR) is 118 cm³/mol. The average molecular weight is 442 g/mol. The van der Waals surface area contributed by atoms with Crippen LogP contribution in [0.5, 0.6) is 0 Å². The van der Waals surface area contributed by atoms with Gasteiger partial charge in [-0.1, -0.05) is 23.7 Å². The van der Waals surface area contributed by atoms with Gasteiger partial charge in [0.15, 0.2) is 0 Å². The lowest BCUT2D eigenvalue weighted by molar-refractivity contribution is 0.0716. The Kier molecular flexibility index (Phi) is 6.69. The molecule has 31 heavy (non-hydrogen) atoms. The number of aromatic nitrogens is 2. The fraction of sp³-hybridized carbons (Fsp3) is 0.318. The first kappa shape index (κ1) is 21.1. The summed E-state index contributed by atoms with van der Waals surface area (Å²) in [4.78, 5) is 35.8. The van der Waals surface area contributed by atoms with Gasteiger partial charge in [0.2, 0.25) is 0 Å². The number of halogens is 1. The van der Waals surface area contributed by atoms with Crippen molar-refractivity contribution < 1.29 is 14.3 Å². The number of benzene rings is 2. The van der Waals surface area contributed by atoms with E-state index in [1.54, 1.807) is 35.5 Å². The van der Waals surface area contributed by atoms with E-state index >= 15 is 0 Å². The van der Waals surface area contributed by atoms with E-state index < -0.39 is 0 Å². The summed E-state index contributed by atoms with van der Waals surface area (Å²) in [6.07, 6.45) is 1.30. The Balaban J connectivity index is 1.15. The van der Waals surface area contributed by atoms with Crippen LogP contribution in [0.3, 0.4) is 0 Å². The highest BCUT2D eigenvalue weighted by atomic mass is 35.5. The lowest BCUT2D eigenvalue weighted by Gasteiger charge is -2.34. The van der Waals surface area contributed by atoms with E-state index in [1.807, 2.05) is 18.2 Å². The molecule has 2 N–H and O–H groups in total. The van der Waals surface area contributed by atoms with Crippen LogP contribution in [-0.4, -0.2) is 71.0 Å². The van der Waals surface area contributed by atoms with Crippen molar-refractivity contribution >= 4 is 34.6 Å². The Bertz CT molecular complexity index is 1040. The van der Waals surface area contributed by atoms with Crippen LogP contribution >= 0.6 is 11.6 Å². The van der Waals surface area contributed by atoms with E-state index in [4.69, 9.17) is 16.3 Å². The van der Waals surface area contributed by atoms with Crippen molar-refractivity contribution in [2.75, 3.05) is 39.3 Å². The predicted octanol–water partition coefficient (Wildman–Crippen LogP) is 2.90. The molecule has 1 fully saturated rings. The molecule has 2 heterocycles. The third-order valence-electron chi connectivity index (χ3n) is 5.30. The quantitative estimate of drug-likeness (QED) is 0.613. The topological polar surface area (TPSA) is 90.6 Å². The highest BCUT2D eigenvalue weighted by Gasteiger charge is 2.22. The van der Waals surface area contributed by atoms with Crippen molar-refractivity contribution in [2.24, 2.45) is 0 Å². The van der Waals surface area contributed by atoms with Crippen molar-refractivity contribution in [1.82, 2.24) is 25.1 Å². The fourth-order valence-electron chi connectivity index (χ4n) is 3.47. The second-order valence-corrected chi connectivity index (χ2v) is 7.84. The zero-order valence-electron chi connectivity index (χ0n) is 17.0. The molecule has 0 bridgehead atoms. The zero-order chi connectivity index (χ0) is 21.6. The Morgan fingerprint density at radius 3 is 2.65 bits per heavy atom. The number of piperazine rings is 1. The van der Waals surface area contributed by atoms with Crippen LogP contribution in [-0.2, 0) is 11.3 Å². The summed E-state index contributed by atoms with van der Waals surface area (Å²) in [5.41, 5.74) is 3.17. The van der Waals surface area contributed by atoms with Gasteiger partial charge < -0.3 is 19.9 Å². The summed E-state index contributed by atoms with van der Waals surface area (Å²) < 4.78 is 5.39. The van der Waals surface area contributed by atoms with Crippen molar-refractivity contribution in [3.8, 4) is 0 Å². The summed E-state index contributed by atoms with van der Waals surface area (Å²) in [7, 11) is 0. The molecule has 162 valence electrons. The summed E-state index contributed by atoms with van der Waals surface area (Å²) in [6, 6.07) is 12.6. The van der Waals surface area contributed by atoms with Crippen LogP contribution in [0.25, 0.3) is 11.0 Å². The molecule has 8 nitrogen and oxygen atoms in total. The first-order valence-electron chi connectivity index (χ1n) is 10.2.